The van der Waals surface area contributed by atoms with Gasteiger partial charge in [-0.05, 0) is 42.2 Å². The number of para-hydroxylation sites is 1. The molecule has 1 aliphatic rings. The summed E-state index contributed by atoms with van der Waals surface area (Å²) in [5.41, 5.74) is 2.96. The molecule has 0 unspecified atom stereocenters. The van der Waals surface area contributed by atoms with Gasteiger partial charge in [-0.1, -0.05) is 30.3 Å². The van der Waals surface area contributed by atoms with Gasteiger partial charge in [0.1, 0.15) is 5.75 Å². The van der Waals surface area contributed by atoms with Gasteiger partial charge in [-0.25, -0.2) is 8.42 Å². The molecular weight excluding hydrogens is 364 g/mol. The molecule has 0 N–H and O–H groups in total. The number of rotatable bonds is 7. The van der Waals surface area contributed by atoms with Crippen LogP contribution in [0.25, 0.3) is 0 Å². The Morgan fingerprint density at radius 1 is 1.19 bits per heavy atom. The lowest BCUT2D eigenvalue weighted by atomic mass is 10.1. The lowest BCUT2D eigenvalue weighted by molar-refractivity contribution is -0.118. The Morgan fingerprint density at radius 2 is 1.96 bits per heavy atom. The molecule has 144 valence electrons. The highest BCUT2D eigenvalue weighted by Gasteiger charge is 2.28. The highest BCUT2D eigenvalue weighted by Crippen LogP contribution is 2.27. The molecule has 3 rings (SSSR count). The molecule has 6 nitrogen and oxygen atoms in total. The number of nitrogens with zero attached hydrogens (tertiary/aromatic N) is 2. The molecule has 2 aromatic rings. The largest absolute Gasteiger partial charge is 0.497 e. The van der Waals surface area contributed by atoms with Crippen molar-refractivity contribution >= 4 is 21.6 Å². The number of ether oxygens (including phenoxy) is 1. The van der Waals surface area contributed by atoms with Crippen molar-refractivity contribution in [1.29, 1.82) is 0 Å². The van der Waals surface area contributed by atoms with Crippen LogP contribution in [0.3, 0.4) is 0 Å². The molecule has 0 aliphatic carbocycles. The molecule has 1 heterocycles. The summed E-state index contributed by atoms with van der Waals surface area (Å²) in [4.78, 5) is 14.5. The first-order chi connectivity index (χ1) is 12.9. The Morgan fingerprint density at radius 3 is 2.70 bits per heavy atom. The average molecular weight is 388 g/mol. The van der Waals surface area contributed by atoms with Crippen molar-refractivity contribution in [2.24, 2.45) is 0 Å². The summed E-state index contributed by atoms with van der Waals surface area (Å²) >= 11 is 0. The van der Waals surface area contributed by atoms with Crippen molar-refractivity contribution in [1.82, 2.24) is 4.31 Å². The van der Waals surface area contributed by atoms with Crippen LogP contribution in [0.1, 0.15) is 11.1 Å². The van der Waals surface area contributed by atoms with E-state index in [2.05, 4.69) is 0 Å². The van der Waals surface area contributed by atoms with Gasteiger partial charge in [0.2, 0.25) is 15.9 Å². The molecule has 0 spiro atoms. The topological polar surface area (TPSA) is 66.9 Å². The summed E-state index contributed by atoms with van der Waals surface area (Å²) < 4.78 is 30.9. The van der Waals surface area contributed by atoms with Crippen molar-refractivity contribution in [3.8, 4) is 5.75 Å². The molecule has 27 heavy (non-hydrogen) atoms. The maximum absolute atomic E-state index is 12.8. The van der Waals surface area contributed by atoms with E-state index in [4.69, 9.17) is 4.74 Å². The van der Waals surface area contributed by atoms with Crippen LogP contribution < -0.4 is 9.64 Å². The van der Waals surface area contributed by atoms with E-state index in [1.165, 1.54) is 4.31 Å². The molecule has 0 radical (unpaired) electrons. The first kappa shape index (κ1) is 19.4. The highest BCUT2D eigenvalue weighted by molar-refractivity contribution is 7.88. The maximum atomic E-state index is 12.8. The van der Waals surface area contributed by atoms with E-state index < -0.39 is 10.0 Å². The minimum Gasteiger partial charge on any atom is -0.497 e. The van der Waals surface area contributed by atoms with Crippen molar-refractivity contribution in [2.45, 2.75) is 12.8 Å². The molecule has 0 fully saturated rings. The van der Waals surface area contributed by atoms with Gasteiger partial charge in [0, 0.05) is 18.8 Å². The lowest BCUT2D eigenvalue weighted by Crippen LogP contribution is -2.42. The Hall–Kier alpha value is -2.38. The van der Waals surface area contributed by atoms with Gasteiger partial charge in [0.15, 0.2) is 0 Å². The van der Waals surface area contributed by atoms with Gasteiger partial charge in [-0.2, -0.15) is 4.31 Å². The first-order valence-corrected chi connectivity index (χ1v) is 10.7. The van der Waals surface area contributed by atoms with Crippen LogP contribution in [0, 0.1) is 0 Å². The molecule has 0 saturated heterocycles. The number of sulfonamides is 1. The zero-order valence-corrected chi connectivity index (χ0v) is 16.4. The second kappa shape index (κ2) is 8.10. The monoisotopic (exact) mass is 388 g/mol. The van der Waals surface area contributed by atoms with Gasteiger partial charge < -0.3 is 9.64 Å². The van der Waals surface area contributed by atoms with E-state index in [0.29, 0.717) is 13.0 Å². The van der Waals surface area contributed by atoms with Crippen molar-refractivity contribution in [3.05, 3.63) is 59.7 Å². The number of methoxy groups -OCH3 is 1. The molecule has 1 amide bonds. The summed E-state index contributed by atoms with van der Waals surface area (Å²) in [6.45, 7) is 0.677. The van der Waals surface area contributed by atoms with Crippen LogP contribution in [0.2, 0.25) is 0 Å². The number of anilines is 1. The summed E-state index contributed by atoms with van der Waals surface area (Å²) in [5, 5.41) is 0. The fourth-order valence-corrected chi connectivity index (χ4v) is 4.05. The third kappa shape index (κ3) is 4.67. The second-order valence-electron chi connectivity index (χ2n) is 6.62. The number of fused-ring (bicyclic) bond motifs is 1. The van der Waals surface area contributed by atoms with E-state index in [0.717, 1.165) is 35.2 Å². The highest BCUT2D eigenvalue weighted by atomic mass is 32.2. The standard InChI is InChI=1S/C20H24N2O4S/c1-26-18-8-5-6-16(14-18)10-12-21(27(2,24)25)15-20(23)22-13-11-17-7-3-4-9-19(17)22/h3-9,14H,10-13,15H2,1-2H3. The minimum absolute atomic E-state index is 0.156. The third-order valence-electron chi connectivity index (χ3n) is 4.75. The molecule has 0 aromatic heterocycles. The molecule has 0 atom stereocenters. The van der Waals surface area contributed by atoms with Gasteiger partial charge in [0.25, 0.3) is 0 Å². The van der Waals surface area contributed by atoms with Crippen LogP contribution in [-0.2, 0) is 27.7 Å². The third-order valence-corrected chi connectivity index (χ3v) is 6.00. The van der Waals surface area contributed by atoms with E-state index in [1.807, 2.05) is 48.5 Å². The minimum atomic E-state index is -3.50. The smallest absolute Gasteiger partial charge is 0.242 e. The zero-order valence-electron chi connectivity index (χ0n) is 15.6. The van der Waals surface area contributed by atoms with E-state index in [1.54, 1.807) is 12.0 Å². The number of carbonyl (C=O) groups is 1. The van der Waals surface area contributed by atoms with Crippen LogP contribution >= 0.6 is 0 Å². The zero-order chi connectivity index (χ0) is 19.4. The van der Waals surface area contributed by atoms with Gasteiger partial charge in [0.05, 0.1) is 19.9 Å². The van der Waals surface area contributed by atoms with E-state index >= 15 is 0 Å². The first-order valence-electron chi connectivity index (χ1n) is 8.85. The Labute approximate surface area is 160 Å². The molecule has 0 saturated carbocycles. The summed E-state index contributed by atoms with van der Waals surface area (Å²) in [6, 6.07) is 15.2. The molecule has 0 bridgehead atoms. The fourth-order valence-electron chi connectivity index (χ4n) is 3.28. The van der Waals surface area contributed by atoms with Crippen molar-refractivity contribution in [3.63, 3.8) is 0 Å². The van der Waals surface area contributed by atoms with Gasteiger partial charge in [-0.15, -0.1) is 0 Å². The molecular formula is C20H24N2O4S. The SMILES string of the molecule is COc1cccc(CCN(CC(=O)N2CCc3ccccc32)S(C)(=O)=O)c1. The Balaban J connectivity index is 1.69. The van der Waals surface area contributed by atoms with E-state index in [-0.39, 0.29) is 19.0 Å². The summed E-state index contributed by atoms with van der Waals surface area (Å²) in [5.74, 6) is 0.527. The summed E-state index contributed by atoms with van der Waals surface area (Å²) in [6.07, 6.45) is 2.45. The van der Waals surface area contributed by atoms with Crippen molar-refractivity contribution < 1.29 is 17.9 Å². The molecule has 2 aromatic carbocycles. The van der Waals surface area contributed by atoms with Gasteiger partial charge in [-0.3, -0.25) is 4.79 Å². The number of amides is 1. The van der Waals surface area contributed by atoms with Crippen LogP contribution in [0.5, 0.6) is 5.75 Å². The number of hydrogen-bond donors (Lipinski definition) is 0. The normalized spacial score (nSPS) is 13.7. The van der Waals surface area contributed by atoms with Crippen LogP contribution in [0.4, 0.5) is 5.69 Å². The van der Waals surface area contributed by atoms with Crippen molar-refractivity contribution in [2.75, 3.05) is 37.9 Å². The predicted molar refractivity (Wildman–Crippen MR) is 106 cm³/mol. The Kier molecular flexibility index (Phi) is 5.82. The maximum Gasteiger partial charge on any atom is 0.242 e. The van der Waals surface area contributed by atoms with Crippen LogP contribution in [0.15, 0.2) is 48.5 Å². The number of benzene rings is 2. The quantitative estimate of drug-likeness (QED) is 0.728. The molecule has 1 aliphatic heterocycles. The number of hydrogen-bond acceptors (Lipinski definition) is 4. The fraction of sp³-hybridized carbons (Fsp3) is 0.350. The summed E-state index contributed by atoms with van der Waals surface area (Å²) in [7, 11) is -1.91. The Bertz CT molecular complexity index is 927. The lowest BCUT2D eigenvalue weighted by Gasteiger charge is -2.24. The number of carbonyl (C=O) groups excluding carboxylic acids is 1. The second-order valence-corrected chi connectivity index (χ2v) is 8.60. The van der Waals surface area contributed by atoms with E-state index in [9.17, 15) is 13.2 Å². The van der Waals surface area contributed by atoms with Crippen LogP contribution in [-0.4, -0.2) is 51.6 Å². The van der Waals surface area contributed by atoms with Gasteiger partial charge >= 0.3 is 0 Å². The average Bonchev–Trinajstić information content (AvgIpc) is 3.08. The predicted octanol–water partition coefficient (Wildman–Crippen LogP) is 2.09. The molecule has 7 heteroatoms.